The van der Waals surface area contributed by atoms with Gasteiger partial charge in [0.2, 0.25) is 11.1 Å². The molecule has 96 valence electrons. The van der Waals surface area contributed by atoms with Crippen LogP contribution in [0.3, 0.4) is 0 Å². The summed E-state index contributed by atoms with van der Waals surface area (Å²) in [6.07, 6.45) is 1.67. The molecule has 2 N–H and O–H groups in total. The van der Waals surface area contributed by atoms with Gasteiger partial charge in [-0.05, 0) is 12.1 Å². The topological polar surface area (TPSA) is 107 Å². The summed E-state index contributed by atoms with van der Waals surface area (Å²) in [4.78, 5) is 19.7. The number of aromatic nitrogens is 4. The summed E-state index contributed by atoms with van der Waals surface area (Å²) < 4.78 is 0. The molecular weight excluding hydrogens is 264 g/mol. The molecule has 0 aliphatic rings. The Labute approximate surface area is 113 Å². The molecule has 2 rings (SSSR count). The second kappa shape index (κ2) is 6.51. The Morgan fingerprint density at radius 1 is 1.53 bits per heavy atom. The molecule has 1 amide bonds. The van der Waals surface area contributed by atoms with Gasteiger partial charge in [-0.2, -0.15) is 10.2 Å². The first-order chi connectivity index (χ1) is 9.29. The number of pyridine rings is 1. The highest BCUT2D eigenvalue weighted by molar-refractivity contribution is 7.99. The molecule has 0 atom stereocenters. The van der Waals surface area contributed by atoms with Crippen molar-refractivity contribution in [2.45, 2.75) is 5.16 Å². The van der Waals surface area contributed by atoms with Crippen molar-refractivity contribution in [3.63, 3.8) is 0 Å². The summed E-state index contributed by atoms with van der Waals surface area (Å²) in [5.74, 6) is 0.498. The number of thioether (sulfide) groups is 1. The van der Waals surface area contributed by atoms with Crippen molar-refractivity contribution in [3.05, 3.63) is 24.4 Å². The highest BCUT2D eigenvalue weighted by atomic mass is 32.2. The van der Waals surface area contributed by atoms with E-state index in [1.54, 1.807) is 6.20 Å². The summed E-state index contributed by atoms with van der Waals surface area (Å²) in [6.45, 7) is 0.00652. The van der Waals surface area contributed by atoms with Crippen LogP contribution in [0.4, 0.5) is 0 Å². The van der Waals surface area contributed by atoms with Crippen LogP contribution in [-0.2, 0) is 4.79 Å². The molecule has 0 saturated carbocycles. The Kier molecular flexibility index (Phi) is 4.47. The molecule has 19 heavy (non-hydrogen) atoms. The van der Waals surface area contributed by atoms with E-state index < -0.39 is 0 Å². The Hall–Kier alpha value is -2.40. The van der Waals surface area contributed by atoms with E-state index in [0.717, 1.165) is 0 Å². The predicted molar refractivity (Wildman–Crippen MR) is 69.0 cm³/mol. The van der Waals surface area contributed by atoms with Gasteiger partial charge in [0, 0.05) is 6.20 Å². The summed E-state index contributed by atoms with van der Waals surface area (Å²) in [5.41, 5.74) is 0.691. The number of carbonyl (C=O) groups is 1. The van der Waals surface area contributed by atoms with E-state index in [0.29, 0.717) is 16.7 Å². The Morgan fingerprint density at radius 2 is 2.42 bits per heavy atom. The minimum Gasteiger partial charge on any atom is -0.342 e. The van der Waals surface area contributed by atoms with E-state index >= 15 is 0 Å². The normalized spacial score (nSPS) is 9.84. The van der Waals surface area contributed by atoms with Gasteiger partial charge in [0.05, 0.1) is 11.8 Å². The molecule has 0 bridgehead atoms. The second-order valence-electron chi connectivity index (χ2n) is 3.41. The zero-order chi connectivity index (χ0) is 13.5. The molecule has 0 aliphatic carbocycles. The molecule has 0 spiro atoms. The zero-order valence-electron chi connectivity index (χ0n) is 9.83. The van der Waals surface area contributed by atoms with Gasteiger partial charge in [0.1, 0.15) is 12.2 Å². The lowest BCUT2D eigenvalue weighted by Gasteiger charge is -1.97. The number of amides is 1. The Bertz CT molecular complexity index is 591. The van der Waals surface area contributed by atoms with E-state index in [2.05, 4.69) is 25.5 Å². The number of rotatable bonds is 5. The minimum absolute atomic E-state index is 0.00652. The van der Waals surface area contributed by atoms with Crippen LogP contribution in [-0.4, -0.2) is 38.4 Å². The molecule has 0 aliphatic heterocycles. The fraction of sp³-hybridized carbons (Fsp3) is 0.182. The van der Waals surface area contributed by atoms with Crippen molar-refractivity contribution < 1.29 is 4.79 Å². The lowest BCUT2D eigenvalue weighted by atomic mass is 10.3. The molecule has 2 aromatic rings. The van der Waals surface area contributed by atoms with Crippen molar-refractivity contribution in [2.24, 2.45) is 0 Å². The highest BCUT2D eigenvalue weighted by Gasteiger charge is 2.08. The molecule has 0 fully saturated rings. The van der Waals surface area contributed by atoms with Crippen LogP contribution in [0, 0.1) is 11.3 Å². The van der Waals surface area contributed by atoms with Crippen LogP contribution in [0.2, 0.25) is 0 Å². The maximum Gasteiger partial charge on any atom is 0.231 e. The number of carbonyl (C=O) groups excluding carboxylic acids is 1. The van der Waals surface area contributed by atoms with Gasteiger partial charge in [-0.15, -0.1) is 5.10 Å². The van der Waals surface area contributed by atoms with Crippen molar-refractivity contribution in [2.75, 3.05) is 12.3 Å². The molecule has 2 heterocycles. The first-order valence-electron chi connectivity index (χ1n) is 5.40. The SMILES string of the molecule is N#CCNC(=O)CSc1n[nH]c(-c2ccccn2)n1. The van der Waals surface area contributed by atoms with E-state index in [9.17, 15) is 4.79 Å². The molecule has 0 saturated heterocycles. The molecule has 7 nitrogen and oxygen atoms in total. The number of nitrogens with zero attached hydrogens (tertiary/aromatic N) is 4. The van der Waals surface area contributed by atoms with Crippen LogP contribution in [0.1, 0.15) is 0 Å². The highest BCUT2D eigenvalue weighted by Crippen LogP contribution is 2.16. The number of nitriles is 1. The quantitative estimate of drug-likeness (QED) is 0.610. The molecule has 0 unspecified atom stereocenters. The standard InChI is InChI=1S/C11H10N6OS/c12-4-6-14-9(18)7-19-11-15-10(16-17-11)8-3-1-2-5-13-8/h1-3,5H,6-7H2,(H,14,18)(H,15,16,17). The largest absolute Gasteiger partial charge is 0.342 e. The van der Waals surface area contributed by atoms with Crippen molar-refractivity contribution in [3.8, 4) is 17.6 Å². The maximum atomic E-state index is 11.3. The predicted octanol–water partition coefficient (Wildman–Crippen LogP) is 0.599. The average molecular weight is 274 g/mol. The average Bonchev–Trinajstić information content (AvgIpc) is 2.93. The first-order valence-corrected chi connectivity index (χ1v) is 6.38. The Morgan fingerprint density at radius 3 is 3.16 bits per heavy atom. The van der Waals surface area contributed by atoms with Gasteiger partial charge in [-0.25, -0.2) is 0 Å². The number of hydrogen-bond donors (Lipinski definition) is 2. The summed E-state index contributed by atoms with van der Waals surface area (Å²) in [7, 11) is 0. The fourth-order valence-electron chi connectivity index (χ4n) is 1.25. The number of H-pyrrole nitrogens is 1. The summed E-state index contributed by atoms with van der Waals surface area (Å²) in [5, 5.41) is 18.0. The van der Waals surface area contributed by atoms with E-state index in [1.807, 2.05) is 24.3 Å². The van der Waals surface area contributed by atoms with E-state index in [4.69, 9.17) is 5.26 Å². The Balaban J connectivity index is 1.92. The van der Waals surface area contributed by atoms with Gasteiger partial charge < -0.3 is 5.32 Å². The van der Waals surface area contributed by atoms with Gasteiger partial charge in [-0.1, -0.05) is 17.8 Å². The summed E-state index contributed by atoms with van der Waals surface area (Å²) in [6, 6.07) is 7.32. The van der Waals surface area contributed by atoms with E-state index in [-0.39, 0.29) is 18.2 Å². The monoisotopic (exact) mass is 274 g/mol. The van der Waals surface area contributed by atoms with Gasteiger partial charge in [-0.3, -0.25) is 14.9 Å². The molecule has 0 aromatic carbocycles. The number of nitrogens with one attached hydrogen (secondary N) is 2. The lowest BCUT2D eigenvalue weighted by Crippen LogP contribution is -2.25. The smallest absolute Gasteiger partial charge is 0.231 e. The molecule has 2 aromatic heterocycles. The fourth-order valence-corrected chi connectivity index (χ4v) is 1.88. The second-order valence-corrected chi connectivity index (χ2v) is 4.35. The lowest BCUT2D eigenvalue weighted by molar-refractivity contribution is -0.118. The third kappa shape index (κ3) is 3.79. The van der Waals surface area contributed by atoms with Crippen LogP contribution >= 0.6 is 11.8 Å². The summed E-state index contributed by atoms with van der Waals surface area (Å²) >= 11 is 1.19. The van der Waals surface area contributed by atoms with Crippen molar-refractivity contribution in [1.29, 1.82) is 5.26 Å². The van der Waals surface area contributed by atoms with E-state index in [1.165, 1.54) is 11.8 Å². The van der Waals surface area contributed by atoms with Crippen molar-refractivity contribution in [1.82, 2.24) is 25.5 Å². The van der Waals surface area contributed by atoms with Crippen LogP contribution in [0.5, 0.6) is 0 Å². The molecule has 8 heteroatoms. The van der Waals surface area contributed by atoms with Gasteiger partial charge in [0.15, 0.2) is 5.82 Å². The third-order valence-corrected chi connectivity index (χ3v) is 2.92. The first kappa shape index (κ1) is 13.0. The van der Waals surface area contributed by atoms with Crippen LogP contribution in [0.25, 0.3) is 11.5 Å². The maximum absolute atomic E-state index is 11.3. The number of hydrogen-bond acceptors (Lipinski definition) is 6. The molecular formula is C11H10N6OS. The van der Waals surface area contributed by atoms with Gasteiger partial charge in [0.25, 0.3) is 0 Å². The van der Waals surface area contributed by atoms with Gasteiger partial charge >= 0.3 is 0 Å². The van der Waals surface area contributed by atoms with Crippen molar-refractivity contribution >= 4 is 17.7 Å². The number of aromatic amines is 1. The van der Waals surface area contributed by atoms with Crippen LogP contribution in [0.15, 0.2) is 29.6 Å². The molecule has 0 radical (unpaired) electrons. The third-order valence-electron chi connectivity index (χ3n) is 2.07. The van der Waals surface area contributed by atoms with Crippen LogP contribution < -0.4 is 5.32 Å². The minimum atomic E-state index is -0.226. The zero-order valence-corrected chi connectivity index (χ0v) is 10.6.